The molecule has 1 aliphatic carbocycles. The summed E-state index contributed by atoms with van der Waals surface area (Å²) in [7, 11) is 2.10. The predicted octanol–water partition coefficient (Wildman–Crippen LogP) is 1.23. The Kier molecular flexibility index (Phi) is 2.83. The van der Waals surface area contributed by atoms with E-state index in [2.05, 4.69) is 11.9 Å². The standard InChI is InChI=1S/C9H15NO/c1-8(11)4-3-7-10(2)9-5-6-9/h3-4,9H,5-7H2,1-2H3/b4-3+. The second-order valence-electron chi connectivity index (χ2n) is 3.18. The zero-order valence-corrected chi connectivity index (χ0v) is 7.21. The van der Waals surface area contributed by atoms with Crippen molar-refractivity contribution in [3.8, 4) is 0 Å². The minimum absolute atomic E-state index is 0.134. The molecule has 1 rings (SSSR count). The number of hydrogen-bond acceptors (Lipinski definition) is 2. The summed E-state index contributed by atoms with van der Waals surface area (Å²) in [5.74, 6) is 0.134. The van der Waals surface area contributed by atoms with Crippen LogP contribution in [-0.4, -0.2) is 30.3 Å². The number of likely N-dealkylation sites (N-methyl/N-ethyl adjacent to an activating group) is 1. The molecule has 0 N–H and O–H groups in total. The number of allylic oxidation sites excluding steroid dienone is 1. The smallest absolute Gasteiger partial charge is 0.152 e. The molecule has 0 bridgehead atoms. The SMILES string of the molecule is CC(=O)/C=C/CN(C)C1CC1. The van der Waals surface area contributed by atoms with Crippen molar-refractivity contribution in [1.82, 2.24) is 4.90 Å². The van der Waals surface area contributed by atoms with E-state index in [1.54, 1.807) is 13.0 Å². The molecule has 11 heavy (non-hydrogen) atoms. The minimum atomic E-state index is 0.134. The van der Waals surface area contributed by atoms with Crippen LogP contribution in [0, 0.1) is 0 Å². The summed E-state index contributed by atoms with van der Waals surface area (Å²) in [5.41, 5.74) is 0. The van der Waals surface area contributed by atoms with E-state index in [0.717, 1.165) is 12.6 Å². The summed E-state index contributed by atoms with van der Waals surface area (Å²) >= 11 is 0. The van der Waals surface area contributed by atoms with E-state index in [4.69, 9.17) is 0 Å². The van der Waals surface area contributed by atoms with Crippen molar-refractivity contribution in [3.63, 3.8) is 0 Å². The van der Waals surface area contributed by atoms with E-state index < -0.39 is 0 Å². The Morgan fingerprint density at radius 1 is 1.64 bits per heavy atom. The van der Waals surface area contributed by atoms with Gasteiger partial charge in [-0.25, -0.2) is 0 Å². The van der Waals surface area contributed by atoms with Crippen molar-refractivity contribution in [2.75, 3.05) is 13.6 Å². The lowest BCUT2D eigenvalue weighted by Crippen LogP contribution is -2.20. The van der Waals surface area contributed by atoms with Gasteiger partial charge < -0.3 is 0 Å². The zero-order valence-electron chi connectivity index (χ0n) is 7.21. The molecule has 0 radical (unpaired) electrons. The number of nitrogens with zero attached hydrogens (tertiary/aromatic N) is 1. The molecule has 0 heterocycles. The van der Waals surface area contributed by atoms with Crippen LogP contribution in [0.5, 0.6) is 0 Å². The second-order valence-corrected chi connectivity index (χ2v) is 3.18. The molecule has 0 unspecified atom stereocenters. The first-order valence-electron chi connectivity index (χ1n) is 4.07. The Morgan fingerprint density at radius 3 is 2.73 bits per heavy atom. The van der Waals surface area contributed by atoms with Crippen LogP contribution < -0.4 is 0 Å². The van der Waals surface area contributed by atoms with E-state index in [1.165, 1.54) is 12.8 Å². The summed E-state index contributed by atoms with van der Waals surface area (Å²) in [5, 5.41) is 0. The summed E-state index contributed by atoms with van der Waals surface area (Å²) in [4.78, 5) is 12.8. The van der Waals surface area contributed by atoms with E-state index in [-0.39, 0.29) is 5.78 Å². The van der Waals surface area contributed by atoms with Crippen molar-refractivity contribution in [1.29, 1.82) is 0 Å². The zero-order chi connectivity index (χ0) is 8.27. The fourth-order valence-electron chi connectivity index (χ4n) is 1.05. The molecular weight excluding hydrogens is 138 g/mol. The largest absolute Gasteiger partial charge is 0.300 e. The maximum atomic E-state index is 10.5. The van der Waals surface area contributed by atoms with Gasteiger partial charge in [0.15, 0.2) is 5.78 Å². The number of ketones is 1. The fraction of sp³-hybridized carbons (Fsp3) is 0.667. The Hall–Kier alpha value is -0.630. The van der Waals surface area contributed by atoms with Crippen molar-refractivity contribution < 1.29 is 4.79 Å². The molecule has 0 saturated heterocycles. The van der Waals surface area contributed by atoms with Gasteiger partial charge in [-0.2, -0.15) is 0 Å². The van der Waals surface area contributed by atoms with Gasteiger partial charge in [0.2, 0.25) is 0 Å². The summed E-state index contributed by atoms with van der Waals surface area (Å²) in [6, 6.07) is 0.784. The predicted molar refractivity (Wildman–Crippen MR) is 45.5 cm³/mol. The van der Waals surface area contributed by atoms with Crippen molar-refractivity contribution >= 4 is 5.78 Å². The lowest BCUT2D eigenvalue weighted by Gasteiger charge is -2.11. The molecule has 0 spiro atoms. The first-order chi connectivity index (χ1) is 5.20. The van der Waals surface area contributed by atoms with Crippen LogP contribution in [0.2, 0.25) is 0 Å². The fourth-order valence-corrected chi connectivity index (χ4v) is 1.05. The molecular formula is C9H15NO. The maximum Gasteiger partial charge on any atom is 0.152 e. The normalized spacial score (nSPS) is 18.1. The van der Waals surface area contributed by atoms with Crippen molar-refractivity contribution in [3.05, 3.63) is 12.2 Å². The average Bonchev–Trinajstić information content (AvgIpc) is 2.66. The van der Waals surface area contributed by atoms with Crippen LogP contribution in [0.1, 0.15) is 19.8 Å². The molecule has 0 aliphatic heterocycles. The van der Waals surface area contributed by atoms with Crippen LogP contribution in [0.4, 0.5) is 0 Å². The summed E-state index contributed by atoms with van der Waals surface area (Å²) in [6.07, 6.45) is 6.22. The third-order valence-corrected chi connectivity index (χ3v) is 1.92. The molecule has 1 fully saturated rings. The molecule has 62 valence electrons. The van der Waals surface area contributed by atoms with Crippen LogP contribution >= 0.6 is 0 Å². The number of carbonyl (C=O) groups excluding carboxylic acids is 1. The Balaban J connectivity index is 2.14. The molecule has 1 saturated carbocycles. The molecule has 0 aromatic heterocycles. The van der Waals surface area contributed by atoms with Gasteiger partial charge in [0.1, 0.15) is 0 Å². The summed E-state index contributed by atoms with van der Waals surface area (Å²) in [6.45, 7) is 2.48. The molecule has 0 atom stereocenters. The first-order valence-corrected chi connectivity index (χ1v) is 4.07. The highest BCUT2D eigenvalue weighted by Crippen LogP contribution is 2.24. The maximum absolute atomic E-state index is 10.5. The number of carbonyl (C=O) groups is 1. The molecule has 1 aliphatic rings. The quantitative estimate of drug-likeness (QED) is 0.566. The lowest BCUT2D eigenvalue weighted by atomic mass is 10.4. The van der Waals surface area contributed by atoms with E-state index in [1.807, 2.05) is 6.08 Å². The van der Waals surface area contributed by atoms with Crippen molar-refractivity contribution in [2.24, 2.45) is 0 Å². The van der Waals surface area contributed by atoms with Crippen LogP contribution in [0.15, 0.2) is 12.2 Å². The number of hydrogen-bond donors (Lipinski definition) is 0. The van der Waals surface area contributed by atoms with Gasteiger partial charge in [-0.3, -0.25) is 9.69 Å². The topological polar surface area (TPSA) is 20.3 Å². The van der Waals surface area contributed by atoms with Crippen molar-refractivity contribution in [2.45, 2.75) is 25.8 Å². The van der Waals surface area contributed by atoms with Gasteiger partial charge in [0.05, 0.1) is 0 Å². The van der Waals surface area contributed by atoms with Gasteiger partial charge in [-0.15, -0.1) is 0 Å². The van der Waals surface area contributed by atoms with Crippen LogP contribution in [-0.2, 0) is 4.79 Å². The Labute approximate surface area is 67.9 Å². The molecule has 0 aromatic rings. The average molecular weight is 153 g/mol. The minimum Gasteiger partial charge on any atom is -0.300 e. The second kappa shape index (κ2) is 3.67. The molecule has 2 heteroatoms. The van der Waals surface area contributed by atoms with Gasteiger partial charge in [0, 0.05) is 12.6 Å². The lowest BCUT2D eigenvalue weighted by molar-refractivity contribution is -0.112. The van der Waals surface area contributed by atoms with Gasteiger partial charge in [0.25, 0.3) is 0 Å². The third-order valence-electron chi connectivity index (χ3n) is 1.92. The van der Waals surface area contributed by atoms with E-state index >= 15 is 0 Å². The monoisotopic (exact) mass is 153 g/mol. The Bertz CT molecular complexity index is 170. The Morgan fingerprint density at radius 2 is 2.27 bits per heavy atom. The van der Waals surface area contributed by atoms with Crippen LogP contribution in [0.3, 0.4) is 0 Å². The highest BCUT2D eigenvalue weighted by Gasteiger charge is 2.24. The van der Waals surface area contributed by atoms with Crippen LogP contribution in [0.25, 0.3) is 0 Å². The van der Waals surface area contributed by atoms with Gasteiger partial charge in [-0.05, 0) is 32.9 Å². The molecule has 0 amide bonds. The van der Waals surface area contributed by atoms with Gasteiger partial charge in [-0.1, -0.05) is 6.08 Å². The number of rotatable bonds is 4. The molecule has 0 aromatic carbocycles. The van der Waals surface area contributed by atoms with E-state index in [0.29, 0.717) is 0 Å². The third kappa shape index (κ3) is 3.33. The highest BCUT2D eigenvalue weighted by atomic mass is 16.1. The van der Waals surface area contributed by atoms with E-state index in [9.17, 15) is 4.79 Å². The molecule has 2 nitrogen and oxygen atoms in total. The highest BCUT2D eigenvalue weighted by molar-refractivity contribution is 5.87. The van der Waals surface area contributed by atoms with Gasteiger partial charge >= 0.3 is 0 Å². The first kappa shape index (κ1) is 8.47. The summed E-state index contributed by atoms with van der Waals surface area (Å²) < 4.78 is 0.